The Labute approximate surface area is 154 Å². The van der Waals surface area contributed by atoms with Crippen molar-refractivity contribution in [3.8, 4) is 17.2 Å². The number of ether oxygens (including phenoxy) is 2. The first-order valence-electron chi connectivity index (χ1n) is 8.18. The number of halogens is 1. The van der Waals surface area contributed by atoms with Gasteiger partial charge in [0.25, 0.3) is 5.56 Å². The summed E-state index contributed by atoms with van der Waals surface area (Å²) in [7, 11) is 0. The summed E-state index contributed by atoms with van der Waals surface area (Å²) in [5.41, 5.74) is 0.743. The summed E-state index contributed by atoms with van der Waals surface area (Å²) in [6, 6.07) is 16.6. The van der Waals surface area contributed by atoms with Crippen LogP contribution in [0.15, 0.2) is 65.6 Å². The molecular weight excluding hydrogens is 354 g/mol. The second-order valence-electron chi connectivity index (χ2n) is 5.80. The molecule has 7 heteroatoms. The zero-order valence-electron chi connectivity index (χ0n) is 13.8. The van der Waals surface area contributed by atoms with Crippen LogP contribution in [0.5, 0.6) is 11.5 Å². The van der Waals surface area contributed by atoms with Crippen molar-refractivity contribution in [1.29, 1.82) is 0 Å². The van der Waals surface area contributed by atoms with Crippen molar-refractivity contribution >= 4 is 17.3 Å². The quantitative estimate of drug-likeness (QED) is 0.765. The first-order chi connectivity index (χ1) is 12.7. The molecule has 0 spiro atoms. The molecule has 3 aromatic rings. The molecule has 1 aromatic heterocycles. The standard InChI is InChI=1S/C19H16ClN3O3/c20-18-15(11-22-23(19(18)24)13-6-2-1-3-7-13)21-10-14-12-25-16-8-4-5-9-17(16)26-14/h1-9,11,14,21H,10,12H2/t14-/m1/s1. The van der Waals surface area contributed by atoms with Crippen LogP contribution in [0.25, 0.3) is 5.69 Å². The smallest absolute Gasteiger partial charge is 0.292 e. The van der Waals surface area contributed by atoms with Crippen LogP contribution in [-0.4, -0.2) is 29.0 Å². The Kier molecular flexibility index (Phi) is 4.50. The number of nitrogens with zero attached hydrogens (tertiary/aromatic N) is 2. The van der Waals surface area contributed by atoms with Gasteiger partial charge in [-0.1, -0.05) is 41.9 Å². The van der Waals surface area contributed by atoms with E-state index in [1.807, 2.05) is 42.5 Å². The van der Waals surface area contributed by atoms with Crippen molar-refractivity contribution in [2.75, 3.05) is 18.5 Å². The fourth-order valence-electron chi connectivity index (χ4n) is 2.70. The van der Waals surface area contributed by atoms with Gasteiger partial charge < -0.3 is 14.8 Å². The number of hydrogen-bond acceptors (Lipinski definition) is 5. The molecule has 26 heavy (non-hydrogen) atoms. The van der Waals surface area contributed by atoms with Crippen LogP contribution in [0.1, 0.15) is 0 Å². The van der Waals surface area contributed by atoms with E-state index in [0.29, 0.717) is 30.3 Å². The predicted octanol–water partition coefficient (Wildman–Crippen LogP) is 3.14. The Balaban J connectivity index is 1.48. The van der Waals surface area contributed by atoms with Gasteiger partial charge in [-0.3, -0.25) is 4.79 Å². The highest BCUT2D eigenvalue weighted by molar-refractivity contribution is 6.32. The molecule has 2 heterocycles. The molecule has 0 aliphatic carbocycles. The maximum Gasteiger partial charge on any atom is 0.292 e. The first kappa shape index (κ1) is 16.5. The van der Waals surface area contributed by atoms with Gasteiger partial charge in [-0.15, -0.1) is 0 Å². The molecule has 1 aliphatic heterocycles. The summed E-state index contributed by atoms with van der Waals surface area (Å²) in [4.78, 5) is 12.5. The largest absolute Gasteiger partial charge is 0.486 e. The van der Waals surface area contributed by atoms with Crippen LogP contribution < -0.4 is 20.3 Å². The van der Waals surface area contributed by atoms with Crippen molar-refractivity contribution in [2.24, 2.45) is 0 Å². The highest BCUT2D eigenvalue weighted by atomic mass is 35.5. The fraction of sp³-hybridized carbons (Fsp3) is 0.158. The lowest BCUT2D eigenvalue weighted by Crippen LogP contribution is -2.35. The maximum absolute atomic E-state index is 12.5. The lowest BCUT2D eigenvalue weighted by molar-refractivity contribution is 0.0997. The molecule has 6 nitrogen and oxygen atoms in total. The molecule has 1 atom stereocenters. The highest BCUT2D eigenvalue weighted by Crippen LogP contribution is 2.31. The van der Waals surface area contributed by atoms with Gasteiger partial charge in [0.2, 0.25) is 0 Å². The van der Waals surface area contributed by atoms with E-state index in [4.69, 9.17) is 21.1 Å². The molecule has 0 amide bonds. The molecule has 0 saturated carbocycles. The SMILES string of the molecule is O=c1c(Cl)c(NC[C@@H]2COc3ccccc3O2)cnn1-c1ccccc1. The highest BCUT2D eigenvalue weighted by Gasteiger charge is 2.21. The summed E-state index contributed by atoms with van der Waals surface area (Å²) in [5.74, 6) is 1.43. The van der Waals surface area contributed by atoms with Crippen molar-refractivity contribution in [1.82, 2.24) is 9.78 Å². The third kappa shape index (κ3) is 3.23. The van der Waals surface area contributed by atoms with Crippen molar-refractivity contribution in [3.63, 3.8) is 0 Å². The monoisotopic (exact) mass is 369 g/mol. The lowest BCUT2D eigenvalue weighted by Gasteiger charge is -2.26. The topological polar surface area (TPSA) is 65.4 Å². The molecule has 4 rings (SSSR count). The van der Waals surface area contributed by atoms with Crippen LogP contribution in [0.4, 0.5) is 5.69 Å². The Bertz CT molecular complexity index is 975. The van der Waals surface area contributed by atoms with E-state index in [2.05, 4.69) is 10.4 Å². The van der Waals surface area contributed by atoms with Crippen molar-refractivity contribution in [3.05, 3.63) is 76.2 Å². The van der Waals surface area contributed by atoms with E-state index in [9.17, 15) is 4.79 Å². The van der Waals surface area contributed by atoms with Crippen LogP contribution in [0.3, 0.4) is 0 Å². The third-order valence-corrected chi connectivity index (χ3v) is 4.37. The molecule has 0 unspecified atom stereocenters. The summed E-state index contributed by atoms with van der Waals surface area (Å²) in [6.07, 6.45) is 1.34. The maximum atomic E-state index is 12.5. The number of anilines is 1. The second-order valence-corrected chi connectivity index (χ2v) is 6.18. The van der Waals surface area contributed by atoms with Gasteiger partial charge in [-0.25, -0.2) is 0 Å². The van der Waals surface area contributed by atoms with Crippen molar-refractivity contribution in [2.45, 2.75) is 6.10 Å². The van der Waals surface area contributed by atoms with E-state index >= 15 is 0 Å². The van der Waals surface area contributed by atoms with Crippen LogP contribution in [-0.2, 0) is 0 Å². The molecule has 1 N–H and O–H groups in total. The third-order valence-electron chi connectivity index (χ3n) is 4.01. The number of rotatable bonds is 4. The Morgan fingerprint density at radius 3 is 2.65 bits per heavy atom. The zero-order valence-corrected chi connectivity index (χ0v) is 14.5. The molecule has 0 bridgehead atoms. The van der Waals surface area contributed by atoms with E-state index in [-0.39, 0.29) is 16.7 Å². The zero-order chi connectivity index (χ0) is 17.9. The lowest BCUT2D eigenvalue weighted by atomic mass is 10.2. The summed E-state index contributed by atoms with van der Waals surface area (Å²) < 4.78 is 12.8. The number of hydrogen-bond donors (Lipinski definition) is 1. The first-order valence-corrected chi connectivity index (χ1v) is 8.56. The van der Waals surface area contributed by atoms with E-state index in [1.54, 1.807) is 12.1 Å². The molecule has 0 fully saturated rings. The van der Waals surface area contributed by atoms with E-state index in [1.165, 1.54) is 10.9 Å². The molecule has 132 valence electrons. The minimum Gasteiger partial charge on any atom is -0.486 e. The Morgan fingerprint density at radius 1 is 1.12 bits per heavy atom. The molecular formula is C19H16ClN3O3. The number of aromatic nitrogens is 2. The van der Waals surface area contributed by atoms with Gasteiger partial charge in [0.1, 0.15) is 17.7 Å². The van der Waals surface area contributed by atoms with E-state index < -0.39 is 0 Å². The number of benzene rings is 2. The number of fused-ring (bicyclic) bond motifs is 1. The Morgan fingerprint density at radius 2 is 1.85 bits per heavy atom. The van der Waals surface area contributed by atoms with Crippen LogP contribution >= 0.6 is 11.6 Å². The van der Waals surface area contributed by atoms with Gasteiger partial charge in [0.15, 0.2) is 11.5 Å². The van der Waals surface area contributed by atoms with Gasteiger partial charge in [-0.2, -0.15) is 9.78 Å². The van der Waals surface area contributed by atoms with Gasteiger partial charge >= 0.3 is 0 Å². The average Bonchev–Trinajstić information content (AvgIpc) is 2.69. The molecule has 0 saturated heterocycles. The molecule has 2 aromatic carbocycles. The normalized spacial score (nSPS) is 15.5. The Hall–Kier alpha value is -2.99. The number of nitrogens with one attached hydrogen (secondary N) is 1. The predicted molar refractivity (Wildman–Crippen MR) is 99.7 cm³/mol. The van der Waals surface area contributed by atoms with E-state index in [0.717, 1.165) is 5.75 Å². The summed E-state index contributed by atoms with van der Waals surface area (Å²) in [5, 5.41) is 7.40. The fourth-order valence-corrected chi connectivity index (χ4v) is 2.89. The van der Waals surface area contributed by atoms with Gasteiger partial charge in [0, 0.05) is 0 Å². The van der Waals surface area contributed by atoms with Gasteiger partial charge in [0.05, 0.1) is 24.1 Å². The summed E-state index contributed by atoms with van der Waals surface area (Å²) >= 11 is 6.24. The molecule has 0 radical (unpaired) electrons. The van der Waals surface area contributed by atoms with Gasteiger partial charge in [-0.05, 0) is 24.3 Å². The minimum atomic E-state index is -0.381. The number of para-hydroxylation sites is 3. The molecule has 1 aliphatic rings. The van der Waals surface area contributed by atoms with Crippen molar-refractivity contribution < 1.29 is 9.47 Å². The average molecular weight is 370 g/mol. The summed E-state index contributed by atoms with van der Waals surface area (Å²) in [6.45, 7) is 0.848. The minimum absolute atomic E-state index is 0.0842. The van der Waals surface area contributed by atoms with Crippen LogP contribution in [0, 0.1) is 0 Å². The van der Waals surface area contributed by atoms with Crippen LogP contribution in [0.2, 0.25) is 5.02 Å². The second kappa shape index (κ2) is 7.09.